The van der Waals surface area contributed by atoms with E-state index in [-0.39, 0.29) is 0 Å². The largest absolute Gasteiger partial charge is 0.487 e. The third-order valence-electron chi connectivity index (χ3n) is 4.75. The SMILES string of the molecule is COC(=S)C=C(C)C(c1ccccc1)(c1ccccc1)c1ccccc1. The number of ether oxygens (including phenoxy) is 1. The van der Waals surface area contributed by atoms with Crippen LogP contribution in [0.3, 0.4) is 0 Å². The quantitative estimate of drug-likeness (QED) is 0.317. The van der Waals surface area contributed by atoms with Crippen molar-refractivity contribution < 1.29 is 4.74 Å². The van der Waals surface area contributed by atoms with Gasteiger partial charge in [-0.25, -0.2) is 0 Å². The van der Waals surface area contributed by atoms with E-state index in [1.54, 1.807) is 7.11 Å². The lowest BCUT2D eigenvalue weighted by Gasteiger charge is -2.37. The maximum atomic E-state index is 5.35. The second-order valence-corrected chi connectivity index (χ2v) is 6.60. The van der Waals surface area contributed by atoms with Crippen LogP contribution in [0.15, 0.2) is 103 Å². The van der Waals surface area contributed by atoms with Crippen LogP contribution >= 0.6 is 12.2 Å². The Labute approximate surface area is 161 Å². The standard InChI is InChI=1S/C24H22OS/c1-19(18-23(26)25-2)24(20-12-6-3-7-13-20,21-14-8-4-9-15-21)22-16-10-5-11-17-22/h3-18H,1-2H3. The smallest absolute Gasteiger partial charge is 0.183 e. The molecule has 0 aromatic heterocycles. The molecular formula is C24H22OS. The van der Waals surface area contributed by atoms with Gasteiger partial charge in [0.05, 0.1) is 12.5 Å². The van der Waals surface area contributed by atoms with E-state index in [1.807, 2.05) is 24.3 Å². The molecule has 0 atom stereocenters. The van der Waals surface area contributed by atoms with Gasteiger partial charge in [0.15, 0.2) is 5.05 Å². The molecule has 26 heavy (non-hydrogen) atoms. The third-order valence-corrected chi connectivity index (χ3v) is 5.03. The second-order valence-electron chi connectivity index (χ2n) is 6.20. The van der Waals surface area contributed by atoms with Crippen LogP contribution in [0.5, 0.6) is 0 Å². The summed E-state index contributed by atoms with van der Waals surface area (Å²) < 4.78 is 5.28. The van der Waals surface area contributed by atoms with E-state index in [2.05, 4.69) is 79.7 Å². The van der Waals surface area contributed by atoms with Crippen molar-refractivity contribution in [3.63, 3.8) is 0 Å². The Morgan fingerprint density at radius 2 is 1.08 bits per heavy atom. The van der Waals surface area contributed by atoms with E-state index in [1.165, 1.54) is 16.7 Å². The summed E-state index contributed by atoms with van der Waals surface area (Å²) >= 11 is 5.35. The van der Waals surface area contributed by atoms with E-state index >= 15 is 0 Å². The van der Waals surface area contributed by atoms with Crippen molar-refractivity contribution in [2.45, 2.75) is 12.3 Å². The summed E-state index contributed by atoms with van der Waals surface area (Å²) in [5.41, 5.74) is 4.28. The van der Waals surface area contributed by atoms with Crippen LogP contribution in [0.25, 0.3) is 0 Å². The van der Waals surface area contributed by atoms with Gasteiger partial charge < -0.3 is 4.74 Å². The molecule has 3 aromatic rings. The Morgan fingerprint density at radius 1 is 0.731 bits per heavy atom. The highest BCUT2D eigenvalue weighted by Gasteiger charge is 2.38. The van der Waals surface area contributed by atoms with Crippen molar-refractivity contribution in [1.29, 1.82) is 0 Å². The van der Waals surface area contributed by atoms with E-state index in [0.29, 0.717) is 5.05 Å². The summed E-state index contributed by atoms with van der Waals surface area (Å²) in [6.07, 6.45) is 1.96. The average molecular weight is 359 g/mol. The lowest BCUT2D eigenvalue weighted by molar-refractivity contribution is 0.417. The van der Waals surface area contributed by atoms with Gasteiger partial charge in [-0.1, -0.05) is 91.0 Å². The molecule has 0 unspecified atom stereocenters. The van der Waals surface area contributed by atoms with Gasteiger partial charge in [-0.2, -0.15) is 0 Å². The first-order valence-corrected chi connectivity index (χ1v) is 9.03. The summed E-state index contributed by atoms with van der Waals surface area (Å²) in [5.74, 6) is 0. The van der Waals surface area contributed by atoms with Gasteiger partial charge in [-0.15, -0.1) is 0 Å². The van der Waals surface area contributed by atoms with Crippen molar-refractivity contribution in [2.75, 3.05) is 7.11 Å². The molecule has 0 amide bonds. The third kappa shape index (κ3) is 3.33. The van der Waals surface area contributed by atoms with Crippen LogP contribution in [-0.2, 0) is 10.2 Å². The number of rotatable bonds is 5. The van der Waals surface area contributed by atoms with Crippen LogP contribution in [-0.4, -0.2) is 12.2 Å². The van der Waals surface area contributed by atoms with Gasteiger partial charge in [-0.05, 0) is 47.5 Å². The molecule has 0 heterocycles. The summed E-state index contributed by atoms with van der Waals surface area (Å²) in [5, 5.41) is 0.481. The zero-order valence-corrected chi connectivity index (χ0v) is 15.9. The Morgan fingerprint density at radius 3 is 1.38 bits per heavy atom. The summed E-state index contributed by atoms with van der Waals surface area (Å²) in [4.78, 5) is 0. The molecule has 0 fully saturated rings. The fourth-order valence-corrected chi connectivity index (χ4v) is 3.77. The van der Waals surface area contributed by atoms with Crippen molar-refractivity contribution in [3.05, 3.63) is 119 Å². The Balaban J connectivity index is 2.39. The number of allylic oxidation sites excluding steroid dienone is 1. The lowest BCUT2D eigenvalue weighted by atomic mass is 9.65. The highest BCUT2D eigenvalue weighted by Crippen LogP contribution is 2.44. The molecule has 0 spiro atoms. The minimum atomic E-state index is -0.438. The van der Waals surface area contributed by atoms with Gasteiger partial charge in [-0.3, -0.25) is 0 Å². The molecule has 0 radical (unpaired) electrons. The van der Waals surface area contributed by atoms with Crippen LogP contribution in [0, 0.1) is 0 Å². The molecule has 0 aliphatic heterocycles. The maximum Gasteiger partial charge on any atom is 0.183 e. The van der Waals surface area contributed by atoms with E-state index < -0.39 is 5.41 Å². The average Bonchev–Trinajstić information content (AvgIpc) is 2.71. The normalized spacial score (nSPS) is 11.8. The first-order valence-electron chi connectivity index (χ1n) is 8.63. The first kappa shape index (κ1) is 18.1. The Bertz CT molecular complexity index is 787. The molecule has 3 rings (SSSR count). The van der Waals surface area contributed by atoms with Crippen LogP contribution in [0.1, 0.15) is 23.6 Å². The minimum Gasteiger partial charge on any atom is -0.487 e. The zero-order chi connectivity index (χ0) is 18.4. The van der Waals surface area contributed by atoms with Gasteiger partial charge in [0, 0.05) is 0 Å². The molecule has 2 heteroatoms. The molecule has 1 nitrogen and oxygen atoms in total. The fourth-order valence-electron chi connectivity index (χ4n) is 3.59. The van der Waals surface area contributed by atoms with Crippen molar-refractivity contribution in [1.82, 2.24) is 0 Å². The molecule has 0 bridgehead atoms. The maximum absolute atomic E-state index is 5.35. The second kappa shape index (κ2) is 8.11. The van der Waals surface area contributed by atoms with Crippen LogP contribution in [0.2, 0.25) is 0 Å². The number of methoxy groups -OCH3 is 1. The van der Waals surface area contributed by atoms with Gasteiger partial charge in [0.2, 0.25) is 0 Å². The van der Waals surface area contributed by atoms with Gasteiger partial charge in [0.1, 0.15) is 0 Å². The van der Waals surface area contributed by atoms with E-state index in [4.69, 9.17) is 17.0 Å². The molecule has 0 saturated carbocycles. The van der Waals surface area contributed by atoms with Crippen LogP contribution < -0.4 is 0 Å². The van der Waals surface area contributed by atoms with Crippen LogP contribution in [0.4, 0.5) is 0 Å². The molecule has 0 N–H and O–H groups in total. The summed E-state index contributed by atoms with van der Waals surface area (Å²) in [7, 11) is 1.61. The zero-order valence-electron chi connectivity index (χ0n) is 15.1. The summed E-state index contributed by atoms with van der Waals surface area (Å²) in [6.45, 7) is 2.12. The van der Waals surface area contributed by atoms with E-state index in [9.17, 15) is 0 Å². The highest BCUT2D eigenvalue weighted by atomic mass is 32.1. The fraction of sp³-hybridized carbons (Fsp3) is 0.125. The molecule has 0 aliphatic carbocycles. The monoisotopic (exact) mass is 358 g/mol. The Kier molecular flexibility index (Phi) is 5.65. The van der Waals surface area contributed by atoms with E-state index in [0.717, 1.165) is 5.57 Å². The number of hydrogen-bond donors (Lipinski definition) is 0. The van der Waals surface area contributed by atoms with Gasteiger partial charge in [0.25, 0.3) is 0 Å². The Hall–Kier alpha value is -2.71. The highest BCUT2D eigenvalue weighted by molar-refractivity contribution is 7.80. The first-order chi connectivity index (χ1) is 12.7. The van der Waals surface area contributed by atoms with Gasteiger partial charge >= 0.3 is 0 Å². The van der Waals surface area contributed by atoms with Crippen molar-refractivity contribution in [2.24, 2.45) is 0 Å². The molecule has 0 aliphatic rings. The number of hydrogen-bond acceptors (Lipinski definition) is 2. The molecule has 0 saturated heterocycles. The molecule has 130 valence electrons. The number of thiocarbonyl (C=S) groups is 1. The minimum absolute atomic E-state index is 0.438. The molecule has 3 aromatic carbocycles. The summed E-state index contributed by atoms with van der Waals surface area (Å²) in [6, 6.07) is 31.7. The topological polar surface area (TPSA) is 9.23 Å². The van der Waals surface area contributed by atoms with Crippen molar-refractivity contribution in [3.8, 4) is 0 Å². The van der Waals surface area contributed by atoms with Crippen molar-refractivity contribution >= 4 is 17.3 Å². The molecular weight excluding hydrogens is 336 g/mol. The predicted molar refractivity (Wildman–Crippen MR) is 113 cm³/mol. The number of benzene rings is 3. The lowest BCUT2D eigenvalue weighted by Crippen LogP contribution is -2.31. The predicted octanol–water partition coefficient (Wildman–Crippen LogP) is 5.94.